The highest BCUT2D eigenvalue weighted by Crippen LogP contribution is 2.32. The standard InChI is InChI=1S/C10H14ClN3O/c11-8-4-7(12)5-13-9(8)14-6-10(15)2-1-3-10/h4-5,15H,1-3,6,12H2,(H,13,14). The molecule has 0 atom stereocenters. The zero-order chi connectivity index (χ0) is 10.9. The number of hydrogen-bond donors (Lipinski definition) is 3. The summed E-state index contributed by atoms with van der Waals surface area (Å²) < 4.78 is 0. The van der Waals surface area contributed by atoms with E-state index in [-0.39, 0.29) is 0 Å². The van der Waals surface area contributed by atoms with Crippen molar-refractivity contribution in [2.75, 3.05) is 17.6 Å². The van der Waals surface area contributed by atoms with Crippen LogP contribution in [-0.2, 0) is 0 Å². The van der Waals surface area contributed by atoms with Gasteiger partial charge >= 0.3 is 0 Å². The Bertz CT molecular complexity index is 366. The molecule has 0 bridgehead atoms. The summed E-state index contributed by atoms with van der Waals surface area (Å²) in [5.74, 6) is 0.575. The first-order chi connectivity index (χ1) is 7.09. The van der Waals surface area contributed by atoms with Crippen molar-refractivity contribution in [1.82, 2.24) is 4.98 Å². The lowest BCUT2D eigenvalue weighted by Gasteiger charge is -2.36. The summed E-state index contributed by atoms with van der Waals surface area (Å²) in [5, 5.41) is 13.4. The van der Waals surface area contributed by atoms with Gasteiger partial charge in [-0.25, -0.2) is 4.98 Å². The third-order valence-electron chi connectivity index (χ3n) is 2.73. The van der Waals surface area contributed by atoms with Crippen LogP contribution in [0, 0.1) is 0 Å². The van der Waals surface area contributed by atoms with Crippen LogP contribution in [0.4, 0.5) is 11.5 Å². The first-order valence-electron chi connectivity index (χ1n) is 4.96. The molecule has 0 spiro atoms. The molecule has 0 amide bonds. The topological polar surface area (TPSA) is 71.2 Å². The Kier molecular flexibility index (Phi) is 2.71. The summed E-state index contributed by atoms with van der Waals surface area (Å²) in [6, 6.07) is 1.64. The monoisotopic (exact) mass is 227 g/mol. The number of hydrogen-bond acceptors (Lipinski definition) is 4. The Morgan fingerprint density at radius 3 is 2.87 bits per heavy atom. The number of nitrogen functional groups attached to an aromatic ring is 1. The molecule has 1 saturated carbocycles. The Morgan fingerprint density at radius 2 is 2.33 bits per heavy atom. The highest BCUT2D eigenvalue weighted by Gasteiger charge is 2.34. The molecule has 0 unspecified atom stereocenters. The van der Waals surface area contributed by atoms with E-state index in [9.17, 15) is 5.11 Å². The fourth-order valence-electron chi connectivity index (χ4n) is 1.59. The second kappa shape index (κ2) is 3.87. The molecule has 0 aromatic carbocycles. The van der Waals surface area contributed by atoms with Crippen molar-refractivity contribution < 1.29 is 5.11 Å². The zero-order valence-electron chi connectivity index (χ0n) is 8.33. The van der Waals surface area contributed by atoms with Crippen LogP contribution >= 0.6 is 11.6 Å². The molecule has 15 heavy (non-hydrogen) atoms. The van der Waals surface area contributed by atoms with Crippen LogP contribution in [0.25, 0.3) is 0 Å². The molecule has 0 saturated heterocycles. The number of nitrogens with zero attached hydrogens (tertiary/aromatic N) is 1. The van der Waals surface area contributed by atoms with Crippen molar-refractivity contribution in [3.05, 3.63) is 17.3 Å². The second-order valence-electron chi connectivity index (χ2n) is 4.03. The number of pyridine rings is 1. The number of anilines is 2. The molecular weight excluding hydrogens is 214 g/mol. The number of halogens is 1. The molecule has 82 valence electrons. The number of nitrogens with two attached hydrogens (primary N) is 1. The van der Waals surface area contributed by atoms with Crippen molar-refractivity contribution in [3.8, 4) is 0 Å². The van der Waals surface area contributed by atoms with Crippen molar-refractivity contribution in [2.45, 2.75) is 24.9 Å². The van der Waals surface area contributed by atoms with Crippen LogP contribution in [0.2, 0.25) is 5.02 Å². The van der Waals surface area contributed by atoms with Gasteiger partial charge in [-0.15, -0.1) is 0 Å². The second-order valence-corrected chi connectivity index (χ2v) is 4.44. The smallest absolute Gasteiger partial charge is 0.145 e. The van der Waals surface area contributed by atoms with Gasteiger partial charge < -0.3 is 16.2 Å². The Labute approximate surface area is 93.5 Å². The van der Waals surface area contributed by atoms with E-state index < -0.39 is 5.60 Å². The third-order valence-corrected chi connectivity index (χ3v) is 3.02. The van der Waals surface area contributed by atoms with Crippen molar-refractivity contribution in [2.24, 2.45) is 0 Å². The van der Waals surface area contributed by atoms with Gasteiger partial charge in [0.25, 0.3) is 0 Å². The van der Waals surface area contributed by atoms with Crippen LogP contribution in [0.1, 0.15) is 19.3 Å². The first-order valence-corrected chi connectivity index (χ1v) is 5.34. The van der Waals surface area contributed by atoms with E-state index in [0.29, 0.717) is 23.1 Å². The first kappa shape index (κ1) is 10.5. The number of rotatable bonds is 3. The van der Waals surface area contributed by atoms with E-state index >= 15 is 0 Å². The summed E-state index contributed by atoms with van der Waals surface area (Å²) in [5.41, 5.74) is 5.48. The highest BCUT2D eigenvalue weighted by molar-refractivity contribution is 6.33. The summed E-state index contributed by atoms with van der Waals surface area (Å²) >= 11 is 5.93. The predicted molar refractivity (Wildman–Crippen MR) is 60.9 cm³/mol. The molecule has 2 rings (SSSR count). The van der Waals surface area contributed by atoms with E-state index in [1.165, 1.54) is 0 Å². The van der Waals surface area contributed by atoms with Gasteiger partial charge in [-0.1, -0.05) is 11.6 Å². The molecule has 1 aliphatic carbocycles. The molecule has 0 aliphatic heterocycles. The Balaban J connectivity index is 1.98. The van der Waals surface area contributed by atoms with Crippen molar-refractivity contribution in [3.63, 3.8) is 0 Å². The lowest BCUT2D eigenvalue weighted by Crippen LogP contribution is -2.43. The molecule has 1 aromatic rings. The third kappa shape index (κ3) is 2.33. The minimum Gasteiger partial charge on any atom is -0.397 e. The van der Waals surface area contributed by atoms with Gasteiger partial charge in [-0.05, 0) is 25.3 Å². The van der Waals surface area contributed by atoms with E-state index in [1.54, 1.807) is 12.3 Å². The minimum atomic E-state index is -0.577. The molecular formula is C10H14ClN3O. The maximum Gasteiger partial charge on any atom is 0.145 e. The van der Waals surface area contributed by atoms with Gasteiger partial charge in [0.1, 0.15) is 5.82 Å². The Hall–Kier alpha value is -1.00. The summed E-state index contributed by atoms with van der Waals surface area (Å²) in [6.45, 7) is 0.490. The summed E-state index contributed by atoms with van der Waals surface area (Å²) in [7, 11) is 0. The minimum absolute atomic E-state index is 0.484. The van der Waals surface area contributed by atoms with Gasteiger partial charge in [-0.3, -0.25) is 0 Å². The maximum atomic E-state index is 9.86. The van der Waals surface area contributed by atoms with Gasteiger partial charge in [0.15, 0.2) is 0 Å². The maximum absolute atomic E-state index is 9.86. The summed E-state index contributed by atoms with van der Waals surface area (Å²) in [6.07, 6.45) is 4.30. The number of nitrogens with one attached hydrogen (secondary N) is 1. The van der Waals surface area contributed by atoms with Crippen molar-refractivity contribution >= 4 is 23.1 Å². The quantitative estimate of drug-likeness (QED) is 0.734. The zero-order valence-corrected chi connectivity index (χ0v) is 9.09. The van der Waals surface area contributed by atoms with E-state index in [1.807, 2.05) is 0 Å². The number of aliphatic hydroxyl groups is 1. The van der Waals surface area contributed by atoms with Gasteiger partial charge in [0.05, 0.1) is 22.5 Å². The van der Waals surface area contributed by atoms with E-state index in [2.05, 4.69) is 10.3 Å². The SMILES string of the molecule is Nc1cnc(NCC2(O)CCC2)c(Cl)c1. The lowest BCUT2D eigenvalue weighted by atomic mass is 9.80. The molecule has 1 aromatic heterocycles. The van der Waals surface area contributed by atoms with Gasteiger partial charge in [0, 0.05) is 6.54 Å². The van der Waals surface area contributed by atoms with Crippen LogP contribution in [0.15, 0.2) is 12.3 Å². The van der Waals surface area contributed by atoms with E-state index in [0.717, 1.165) is 19.3 Å². The Morgan fingerprint density at radius 1 is 1.60 bits per heavy atom. The van der Waals surface area contributed by atoms with Crippen LogP contribution < -0.4 is 11.1 Å². The molecule has 5 heteroatoms. The largest absolute Gasteiger partial charge is 0.397 e. The van der Waals surface area contributed by atoms with Crippen LogP contribution in [-0.4, -0.2) is 22.2 Å². The fourth-order valence-corrected chi connectivity index (χ4v) is 1.83. The fraction of sp³-hybridized carbons (Fsp3) is 0.500. The molecule has 4 N–H and O–H groups in total. The van der Waals surface area contributed by atoms with Gasteiger partial charge in [0.2, 0.25) is 0 Å². The highest BCUT2D eigenvalue weighted by atomic mass is 35.5. The molecule has 4 nitrogen and oxygen atoms in total. The average Bonchev–Trinajstić information content (AvgIpc) is 2.14. The lowest BCUT2D eigenvalue weighted by molar-refractivity contribution is -0.0202. The number of aromatic nitrogens is 1. The molecule has 1 aliphatic rings. The molecule has 1 fully saturated rings. The van der Waals surface area contributed by atoms with Crippen LogP contribution in [0.3, 0.4) is 0 Å². The predicted octanol–water partition coefficient (Wildman–Crippen LogP) is 1.64. The average molecular weight is 228 g/mol. The van der Waals surface area contributed by atoms with Crippen molar-refractivity contribution in [1.29, 1.82) is 0 Å². The summed E-state index contributed by atoms with van der Waals surface area (Å²) in [4.78, 5) is 4.06. The molecule has 1 heterocycles. The van der Waals surface area contributed by atoms with E-state index in [4.69, 9.17) is 17.3 Å². The van der Waals surface area contributed by atoms with Crippen LogP contribution in [0.5, 0.6) is 0 Å². The molecule has 0 radical (unpaired) electrons. The van der Waals surface area contributed by atoms with Gasteiger partial charge in [-0.2, -0.15) is 0 Å². The normalized spacial score (nSPS) is 18.3.